The Morgan fingerprint density at radius 1 is 1.47 bits per heavy atom. The van der Waals surface area contributed by atoms with Crippen LogP contribution in [0.4, 0.5) is 19.0 Å². The molecule has 1 rings (SSSR count). The maximum absolute atomic E-state index is 12.1. The van der Waals surface area contributed by atoms with E-state index in [1.165, 1.54) is 4.98 Å². The Balaban J connectivity index is 3.56. The molecule has 0 saturated heterocycles. The first-order valence-electron chi connectivity index (χ1n) is 4.41. The van der Waals surface area contributed by atoms with Crippen LogP contribution in [0.5, 0.6) is 5.75 Å². The van der Waals surface area contributed by atoms with Gasteiger partial charge < -0.3 is 19.6 Å². The number of nitrogens with one attached hydrogen (secondary N) is 1. The van der Waals surface area contributed by atoms with E-state index in [1.807, 2.05) is 0 Å². The van der Waals surface area contributed by atoms with Crippen molar-refractivity contribution in [1.82, 2.24) is 4.98 Å². The molecule has 0 aliphatic rings. The molecule has 0 fully saturated rings. The molecule has 8 nitrogen and oxygen atoms in total. The van der Waals surface area contributed by atoms with E-state index in [9.17, 15) is 32.9 Å². The van der Waals surface area contributed by atoms with Crippen molar-refractivity contribution >= 4 is 11.8 Å². The number of hydrogen-bond acceptors (Lipinski definition) is 6. The Bertz CT molecular complexity index is 579. The third-order valence-electron chi connectivity index (χ3n) is 1.78. The molecule has 0 amide bonds. The lowest BCUT2D eigenvalue weighted by Crippen LogP contribution is -2.23. The highest BCUT2D eigenvalue weighted by atomic mass is 19.4. The average molecular weight is 282 g/mol. The fourth-order valence-corrected chi connectivity index (χ4v) is 1.14. The number of esters is 1. The molecule has 0 spiro atoms. The molecule has 1 aromatic rings. The lowest BCUT2D eigenvalue weighted by atomic mass is 10.2. The summed E-state index contributed by atoms with van der Waals surface area (Å²) in [6, 6.07) is 0.403. The minimum absolute atomic E-state index is 0.403. The van der Waals surface area contributed by atoms with Crippen LogP contribution in [0.3, 0.4) is 0 Å². The Kier molecular flexibility index (Phi) is 3.77. The fraction of sp³-hybridized carbons (Fsp3) is 0.250. The maximum Gasteiger partial charge on any atom is 0.573 e. The highest BCUT2D eigenvalue weighted by molar-refractivity contribution is 5.93. The molecule has 0 unspecified atom stereocenters. The number of pyridine rings is 1. The number of carbonyl (C=O) groups excluding carboxylic acids is 1. The van der Waals surface area contributed by atoms with E-state index in [0.29, 0.717) is 6.07 Å². The predicted molar refractivity (Wildman–Crippen MR) is 51.7 cm³/mol. The van der Waals surface area contributed by atoms with Crippen LogP contribution in [-0.4, -0.2) is 29.3 Å². The van der Waals surface area contributed by atoms with E-state index in [4.69, 9.17) is 0 Å². The van der Waals surface area contributed by atoms with Crippen LogP contribution < -0.4 is 10.3 Å². The number of hydrogen-bond donors (Lipinski definition) is 1. The summed E-state index contributed by atoms with van der Waals surface area (Å²) in [5, 5.41) is 10.6. The molecule has 0 aliphatic heterocycles. The Morgan fingerprint density at radius 2 is 2.05 bits per heavy atom. The monoisotopic (exact) mass is 282 g/mol. The van der Waals surface area contributed by atoms with Gasteiger partial charge in [-0.15, -0.1) is 13.2 Å². The van der Waals surface area contributed by atoms with Crippen LogP contribution in [0.25, 0.3) is 0 Å². The normalized spacial score (nSPS) is 10.9. The van der Waals surface area contributed by atoms with Crippen molar-refractivity contribution in [3.05, 3.63) is 32.1 Å². The van der Waals surface area contributed by atoms with Gasteiger partial charge in [0.05, 0.1) is 7.11 Å². The molecule has 19 heavy (non-hydrogen) atoms. The van der Waals surface area contributed by atoms with Crippen molar-refractivity contribution in [3.63, 3.8) is 0 Å². The number of aromatic nitrogens is 1. The summed E-state index contributed by atoms with van der Waals surface area (Å²) < 4.78 is 43.9. The van der Waals surface area contributed by atoms with E-state index in [-0.39, 0.29) is 0 Å². The quantitative estimate of drug-likeness (QED) is 0.502. The summed E-state index contributed by atoms with van der Waals surface area (Å²) in [6.07, 6.45) is -5.29. The molecule has 1 heterocycles. The smallest absolute Gasteiger partial charge is 0.465 e. The van der Waals surface area contributed by atoms with Crippen molar-refractivity contribution in [2.45, 2.75) is 6.36 Å². The Labute approximate surface area is 101 Å². The molecule has 0 saturated carbocycles. The molecular formula is C8H5F3N2O6. The summed E-state index contributed by atoms with van der Waals surface area (Å²) in [5.74, 6) is -4.22. The van der Waals surface area contributed by atoms with Crippen LogP contribution >= 0.6 is 0 Å². The molecule has 0 radical (unpaired) electrons. The molecule has 0 aromatic carbocycles. The molecule has 1 N–H and O–H groups in total. The topological polar surface area (TPSA) is 112 Å². The second kappa shape index (κ2) is 4.96. The van der Waals surface area contributed by atoms with Crippen molar-refractivity contribution in [2.24, 2.45) is 0 Å². The van der Waals surface area contributed by atoms with Gasteiger partial charge >= 0.3 is 23.7 Å². The van der Waals surface area contributed by atoms with E-state index in [1.54, 1.807) is 0 Å². The Hall–Kier alpha value is -2.59. The van der Waals surface area contributed by atoms with E-state index in [2.05, 4.69) is 9.47 Å². The minimum Gasteiger partial charge on any atom is -0.465 e. The van der Waals surface area contributed by atoms with Gasteiger partial charge in [0, 0.05) is 6.07 Å². The maximum atomic E-state index is 12.1. The van der Waals surface area contributed by atoms with Gasteiger partial charge in [-0.1, -0.05) is 0 Å². The highest BCUT2D eigenvalue weighted by Gasteiger charge is 2.38. The number of rotatable bonds is 3. The molecule has 0 aliphatic carbocycles. The number of alkyl halides is 3. The van der Waals surface area contributed by atoms with Gasteiger partial charge in [0.15, 0.2) is 0 Å². The Morgan fingerprint density at radius 3 is 2.47 bits per heavy atom. The van der Waals surface area contributed by atoms with Crippen LogP contribution in [0.1, 0.15) is 10.4 Å². The van der Waals surface area contributed by atoms with Crippen LogP contribution in [0, 0.1) is 10.1 Å². The van der Waals surface area contributed by atoms with Gasteiger partial charge in [-0.2, -0.15) is 0 Å². The number of H-pyrrole nitrogens is 1. The highest BCUT2D eigenvalue weighted by Crippen LogP contribution is 2.32. The molecular weight excluding hydrogens is 277 g/mol. The second-order valence-corrected chi connectivity index (χ2v) is 3.02. The van der Waals surface area contributed by atoms with Gasteiger partial charge in [-0.05, 0) is 4.92 Å². The summed E-state index contributed by atoms with van der Waals surface area (Å²) >= 11 is 0. The SMILES string of the molecule is COC(=O)c1cc(=O)[nH]c([N+](=O)[O-])c1OC(F)(F)F. The molecule has 0 bridgehead atoms. The number of ether oxygens (including phenoxy) is 2. The minimum atomic E-state index is -5.29. The van der Waals surface area contributed by atoms with Crippen molar-refractivity contribution in [2.75, 3.05) is 7.11 Å². The van der Waals surface area contributed by atoms with Gasteiger partial charge in [-0.25, -0.2) is 14.6 Å². The van der Waals surface area contributed by atoms with Crippen LogP contribution in [-0.2, 0) is 4.74 Å². The third kappa shape index (κ3) is 3.43. The summed E-state index contributed by atoms with van der Waals surface area (Å²) in [7, 11) is 0.826. The van der Waals surface area contributed by atoms with Gasteiger partial charge in [0.25, 0.3) is 0 Å². The standard InChI is InChI=1S/C8H5F3N2O6/c1-18-7(15)3-2-4(14)12-6(13(16)17)5(3)19-8(9,10)11/h2H,1H3,(H,12,14). The average Bonchev–Trinajstić information content (AvgIpc) is 2.27. The van der Waals surface area contributed by atoms with Gasteiger partial charge in [0.1, 0.15) is 5.56 Å². The number of aromatic amines is 1. The van der Waals surface area contributed by atoms with Crippen molar-refractivity contribution in [1.29, 1.82) is 0 Å². The summed E-state index contributed by atoms with van der Waals surface area (Å²) in [6.45, 7) is 0. The molecule has 11 heteroatoms. The van der Waals surface area contributed by atoms with E-state index >= 15 is 0 Å². The van der Waals surface area contributed by atoms with Gasteiger partial charge in [-0.3, -0.25) is 0 Å². The molecule has 0 atom stereocenters. The zero-order chi connectivity index (χ0) is 14.8. The summed E-state index contributed by atoms with van der Waals surface area (Å²) in [4.78, 5) is 33.0. The number of nitro groups is 1. The summed E-state index contributed by atoms with van der Waals surface area (Å²) in [5.41, 5.74) is -2.16. The van der Waals surface area contributed by atoms with Crippen LogP contribution in [0.2, 0.25) is 0 Å². The van der Waals surface area contributed by atoms with E-state index in [0.717, 1.165) is 7.11 Å². The van der Waals surface area contributed by atoms with E-state index < -0.39 is 39.9 Å². The lowest BCUT2D eigenvalue weighted by molar-refractivity contribution is -0.393. The zero-order valence-electron chi connectivity index (χ0n) is 9.11. The lowest BCUT2D eigenvalue weighted by Gasteiger charge is -2.11. The first-order chi connectivity index (χ1) is 8.65. The first kappa shape index (κ1) is 14.5. The first-order valence-corrected chi connectivity index (χ1v) is 4.41. The molecule has 1 aromatic heterocycles. The third-order valence-corrected chi connectivity index (χ3v) is 1.78. The number of halogens is 3. The molecule has 104 valence electrons. The predicted octanol–water partition coefficient (Wildman–Crippen LogP) is 0.968. The zero-order valence-corrected chi connectivity index (χ0v) is 9.11. The fourth-order valence-electron chi connectivity index (χ4n) is 1.14. The number of carbonyl (C=O) groups is 1. The number of nitrogens with zero attached hydrogens (tertiary/aromatic N) is 1. The van der Waals surface area contributed by atoms with Crippen molar-refractivity contribution < 1.29 is 32.4 Å². The number of methoxy groups -OCH3 is 1. The van der Waals surface area contributed by atoms with Crippen molar-refractivity contribution in [3.8, 4) is 5.75 Å². The van der Waals surface area contributed by atoms with Crippen LogP contribution in [0.15, 0.2) is 10.9 Å². The second-order valence-electron chi connectivity index (χ2n) is 3.02. The van der Waals surface area contributed by atoms with Gasteiger partial charge in [0.2, 0.25) is 5.75 Å². The largest absolute Gasteiger partial charge is 0.573 e.